The first-order valence-corrected chi connectivity index (χ1v) is 11.8. The van der Waals surface area contributed by atoms with Crippen LogP contribution in [0, 0.1) is 0 Å². The second kappa shape index (κ2) is 10.6. The predicted octanol–water partition coefficient (Wildman–Crippen LogP) is 3.16. The summed E-state index contributed by atoms with van der Waals surface area (Å²) in [5, 5.41) is 9.51. The molecule has 4 aromatic rings. The molecule has 2 aromatic heterocycles. The third-order valence-corrected chi connectivity index (χ3v) is 5.89. The summed E-state index contributed by atoms with van der Waals surface area (Å²) in [4.78, 5) is 43.4. The van der Waals surface area contributed by atoms with Crippen LogP contribution in [0.1, 0.15) is 32.1 Å². The summed E-state index contributed by atoms with van der Waals surface area (Å²) in [7, 11) is 1.40. The average molecular weight is 554 g/mol. The van der Waals surface area contributed by atoms with E-state index >= 15 is 0 Å². The maximum absolute atomic E-state index is 13.4. The highest BCUT2D eigenvalue weighted by molar-refractivity contribution is 5.98. The second-order valence-corrected chi connectivity index (χ2v) is 8.79. The summed E-state index contributed by atoms with van der Waals surface area (Å²) in [6.07, 6.45) is -3.50. The van der Waals surface area contributed by atoms with E-state index in [1.165, 1.54) is 53.0 Å². The van der Waals surface area contributed by atoms with Crippen molar-refractivity contribution < 1.29 is 37.0 Å². The topological polar surface area (TPSA) is 127 Å². The molecule has 1 aliphatic heterocycles. The second-order valence-electron chi connectivity index (χ2n) is 8.79. The Morgan fingerprint density at radius 1 is 1.18 bits per heavy atom. The predicted molar refractivity (Wildman–Crippen MR) is 134 cm³/mol. The number of carbonyl (C=O) groups is 3. The van der Waals surface area contributed by atoms with Crippen molar-refractivity contribution in [3.05, 3.63) is 83.3 Å². The molecule has 40 heavy (non-hydrogen) atoms. The molecular weight excluding hydrogens is 533 g/mol. The van der Waals surface area contributed by atoms with Gasteiger partial charge in [-0.2, -0.15) is 5.10 Å². The number of benzene rings is 2. The van der Waals surface area contributed by atoms with Gasteiger partial charge in [-0.1, -0.05) is 24.3 Å². The van der Waals surface area contributed by atoms with Gasteiger partial charge in [-0.05, 0) is 23.8 Å². The summed E-state index contributed by atoms with van der Waals surface area (Å²) in [5.74, 6) is -1.39. The number of fused-ring (bicyclic) bond motifs is 2. The lowest BCUT2D eigenvalue weighted by atomic mass is 10.1. The van der Waals surface area contributed by atoms with Gasteiger partial charge in [0, 0.05) is 37.8 Å². The number of rotatable bonds is 7. The van der Waals surface area contributed by atoms with Crippen LogP contribution in [0.25, 0.3) is 5.65 Å². The van der Waals surface area contributed by atoms with Gasteiger partial charge in [-0.25, -0.2) is 9.50 Å². The first-order valence-electron chi connectivity index (χ1n) is 11.8. The molecule has 3 heterocycles. The van der Waals surface area contributed by atoms with Crippen LogP contribution in [-0.4, -0.2) is 57.2 Å². The Morgan fingerprint density at radius 2 is 1.98 bits per heavy atom. The van der Waals surface area contributed by atoms with Gasteiger partial charge in [0.05, 0.1) is 11.9 Å². The van der Waals surface area contributed by atoms with E-state index in [0.717, 1.165) is 6.07 Å². The summed E-state index contributed by atoms with van der Waals surface area (Å²) in [5.41, 5.74) is 1.43. The largest absolute Gasteiger partial charge is 0.573 e. The van der Waals surface area contributed by atoms with Gasteiger partial charge in [0.15, 0.2) is 12.3 Å². The van der Waals surface area contributed by atoms with Gasteiger partial charge in [0.1, 0.15) is 22.9 Å². The van der Waals surface area contributed by atoms with Crippen molar-refractivity contribution in [2.24, 2.45) is 0 Å². The van der Waals surface area contributed by atoms with Crippen molar-refractivity contribution in [1.82, 2.24) is 24.8 Å². The monoisotopic (exact) mass is 554 g/mol. The fraction of sp³-hybridized carbons (Fsp3) is 0.192. The number of nitrogens with one attached hydrogen (secondary N) is 2. The van der Waals surface area contributed by atoms with E-state index in [1.807, 2.05) is 0 Å². The van der Waals surface area contributed by atoms with E-state index < -0.39 is 23.9 Å². The summed E-state index contributed by atoms with van der Waals surface area (Å²) in [6, 6.07) is 13.3. The zero-order valence-electron chi connectivity index (χ0n) is 20.9. The molecule has 2 aromatic carbocycles. The van der Waals surface area contributed by atoms with Gasteiger partial charge >= 0.3 is 6.36 Å². The van der Waals surface area contributed by atoms with Crippen LogP contribution >= 0.6 is 0 Å². The number of nitrogens with zero attached hydrogens (tertiary/aromatic N) is 4. The van der Waals surface area contributed by atoms with E-state index in [-0.39, 0.29) is 48.2 Å². The van der Waals surface area contributed by atoms with Crippen molar-refractivity contribution >= 4 is 29.1 Å². The number of para-hydroxylation sites is 1. The lowest BCUT2D eigenvalue weighted by Crippen LogP contribution is -2.30. The fourth-order valence-electron chi connectivity index (χ4n) is 4.08. The number of halogens is 3. The SMILES string of the molecule is CN(Cc1ccccc1OC(F)(F)F)C(=O)c1cc(C(=O)NCc2ccc3c(c2)NC(=O)CO3)nc2ccnn12. The molecule has 206 valence electrons. The summed E-state index contributed by atoms with van der Waals surface area (Å²) < 4.78 is 49.1. The smallest absolute Gasteiger partial charge is 0.482 e. The lowest BCUT2D eigenvalue weighted by Gasteiger charge is -2.20. The highest BCUT2D eigenvalue weighted by atomic mass is 19.4. The zero-order valence-corrected chi connectivity index (χ0v) is 20.9. The molecule has 3 amide bonds. The number of aromatic nitrogens is 3. The number of anilines is 1. The molecule has 0 saturated heterocycles. The Bertz CT molecular complexity index is 1620. The van der Waals surface area contributed by atoms with Gasteiger partial charge in [-0.3, -0.25) is 14.4 Å². The molecule has 0 fully saturated rings. The van der Waals surface area contributed by atoms with Gasteiger partial charge in [0.25, 0.3) is 17.7 Å². The fourth-order valence-corrected chi connectivity index (χ4v) is 4.08. The third-order valence-electron chi connectivity index (χ3n) is 5.89. The molecule has 0 aliphatic carbocycles. The summed E-state index contributed by atoms with van der Waals surface area (Å²) >= 11 is 0. The van der Waals surface area contributed by atoms with Crippen LogP contribution in [0.15, 0.2) is 60.8 Å². The molecule has 0 bridgehead atoms. The van der Waals surface area contributed by atoms with E-state index in [1.54, 1.807) is 18.2 Å². The Labute approximate surface area is 224 Å². The minimum absolute atomic E-state index is 0.0227. The van der Waals surface area contributed by atoms with Crippen molar-refractivity contribution in [3.8, 4) is 11.5 Å². The standard InChI is InChI=1S/C26H21F3N6O5/c1-34(13-16-4-2-3-5-20(16)40-26(27,28)29)25(38)19-11-18(32-22-8-9-31-35(19)22)24(37)30-12-15-6-7-21-17(10-15)33-23(36)14-39-21/h2-11H,12-14H2,1H3,(H,30,37)(H,33,36). The van der Waals surface area contributed by atoms with Crippen molar-refractivity contribution in [3.63, 3.8) is 0 Å². The molecule has 1 aliphatic rings. The molecule has 11 nitrogen and oxygen atoms in total. The number of ether oxygens (including phenoxy) is 2. The molecule has 5 rings (SSSR count). The first kappa shape index (κ1) is 26.5. The van der Waals surface area contributed by atoms with Crippen molar-refractivity contribution in [1.29, 1.82) is 0 Å². The molecule has 0 spiro atoms. The minimum atomic E-state index is -4.89. The van der Waals surface area contributed by atoms with Crippen LogP contribution in [0.2, 0.25) is 0 Å². The number of hydrogen-bond donors (Lipinski definition) is 2. The number of carbonyl (C=O) groups excluding carboxylic acids is 3. The van der Waals surface area contributed by atoms with E-state index in [0.29, 0.717) is 17.0 Å². The van der Waals surface area contributed by atoms with Crippen LogP contribution in [-0.2, 0) is 17.9 Å². The van der Waals surface area contributed by atoms with Crippen LogP contribution in [0.4, 0.5) is 18.9 Å². The normalized spacial score (nSPS) is 12.8. The highest BCUT2D eigenvalue weighted by Crippen LogP contribution is 2.29. The molecule has 14 heteroatoms. The van der Waals surface area contributed by atoms with E-state index in [9.17, 15) is 27.6 Å². The summed E-state index contributed by atoms with van der Waals surface area (Å²) in [6.45, 7) is -0.195. The van der Waals surface area contributed by atoms with Crippen LogP contribution < -0.4 is 20.1 Å². The van der Waals surface area contributed by atoms with Gasteiger partial charge in [-0.15, -0.1) is 13.2 Å². The highest BCUT2D eigenvalue weighted by Gasteiger charge is 2.32. The number of amides is 3. The Balaban J connectivity index is 1.34. The van der Waals surface area contributed by atoms with Crippen molar-refractivity contribution in [2.45, 2.75) is 19.5 Å². The average Bonchev–Trinajstić information content (AvgIpc) is 3.39. The quantitative estimate of drug-likeness (QED) is 0.359. The van der Waals surface area contributed by atoms with Gasteiger partial charge in [0.2, 0.25) is 0 Å². The third kappa shape index (κ3) is 5.80. The number of alkyl halides is 3. The Hall–Kier alpha value is -5.14. The molecule has 0 saturated carbocycles. The zero-order chi connectivity index (χ0) is 28.4. The lowest BCUT2D eigenvalue weighted by molar-refractivity contribution is -0.275. The number of hydrogen-bond acceptors (Lipinski definition) is 7. The molecule has 2 N–H and O–H groups in total. The Kier molecular flexibility index (Phi) is 6.98. The van der Waals surface area contributed by atoms with E-state index in [2.05, 4.69) is 25.5 Å². The maximum Gasteiger partial charge on any atom is 0.573 e. The van der Waals surface area contributed by atoms with Gasteiger partial charge < -0.3 is 25.0 Å². The first-order chi connectivity index (χ1) is 19.1. The van der Waals surface area contributed by atoms with E-state index in [4.69, 9.17) is 4.74 Å². The van der Waals surface area contributed by atoms with Crippen LogP contribution in [0.5, 0.6) is 11.5 Å². The minimum Gasteiger partial charge on any atom is -0.482 e. The van der Waals surface area contributed by atoms with Crippen LogP contribution in [0.3, 0.4) is 0 Å². The van der Waals surface area contributed by atoms with Crippen molar-refractivity contribution in [2.75, 3.05) is 19.0 Å². The maximum atomic E-state index is 13.4. The molecule has 0 unspecified atom stereocenters. The molecular formula is C26H21F3N6O5. The molecule has 0 atom stereocenters. The molecule has 0 radical (unpaired) electrons. The Morgan fingerprint density at radius 3 is 2.77 bits per heavy atom.